The first-order valence-electron chi connectivity index (χ1n) is 9.17. The van der Waals surface area contributed by atoms with Gasteiger partial charge < -0.3 is 9.26 Å². The number of aromatic nitrogens is 1. The number of carbonyl (C=O) groups excluding carboxylic acids is 1. The molecule has 3 unspecified atom stereocenters. The van der Waals surface area contributed by atoms with Gasteiger partial charge in [0.25, 0.3) is 0 Å². The van der Waals surface area contributed by atoms with Crippen LogP contribution in [0.3, 0.4) is 0 Å². The normalized spacial score (nSPS) is 35.6. The summed E-state index contributed by atoms with van der Waals surface area (Å²) in [6.45, 7) is 9.26. The minimum atomic E-state index is -0.200. The van der Waals surface area contributed by atoms with Gasteiger partial charge in [0.05, 0.1) is 13.3 Å². The van der Waals surface area contributed by atoms with E-state index in [9.17, 15) is 4.79 Å². The maximum atomic E-state index is 12.0. The molecule has 1 aromatic heterocycles. The van der Waals surface area contributed by atoms with E-state index in [1.807, 2.05) is 6.20 Å². The van der Waals surface area contributed by atoms with Gasteiger partial charge in [-0.05, 0) is 37.0 Å². The highest BCUT2D eigenvalue weighted by Gasteiger charge is 2.58. The SMILES string of the molecule is COC(=O)C1=CC2(C)CCC3C(C)(Cc4cnoc4C3(C)C)C2=CC1. The third kappa shape index (κ3) is 2.12. The number of allylic oxidation sites excluding steroid dienone is 3. The summed E-state index contributed by atoms with van der Waals surface area (Å²) in [6.07, 6.45) is 10.1. The molecule has 4 nitrogen and oxygen atoms in total. The fourth-order valence-electron chi connectivity index (χ4n) is 6.13. The van der Waals surface area contributed by atoms with Crippen LogP contribution in [0, 0.1) is 16.7 Å². The number of esters is 1. The third-order valence-electron chi connectivity index (χ3n) is 7.08. The number of rotatable bonds is 1. The van der Waals surface area contributed by atoms with Crippen molar-refractivity contribution in [3.63, 3.8) is 0 Å². The second-order valence-electron chi connectivity index (χ2n) is 8.99. The topological polar surface area (TPSA) is 52.3 Å². The Kier molecular flexibility index (Phi) is 3.38. The van der Waals surface area contributed by atoms with E-state index >= 15 is 0 Å². The molecular weight excluding hydrogens is 314 g/mol. The summed E-state index contributed by atoms with van der Waals surface area (Å²) in [6, 6.07) is 0. The second kappa shape index (κ2) is 5.09. The molecule has 3 aliphatic carbocycles. The summed E-state index contributed by atoms with van der Waals surface area (Å²) in [5.74, 6) is 1.36. The zero-order valence-electron chi connectivity index (χ0n) is 15.8. The molecule has 1 heterocycles. The Hall–Kier alpha value is -1.84. The third-order valence-corrected chi connectivity index (χ3v) is 7.08. The summed E-state index contributed by atoms with van der Waals surface area (Å²) in [5.41, 5.74) is 3.45. The monoisotopic (exact) mass is 341 g/mol. The lowest BCUT2D eigenvalue weighted by Crippen LogP contribution is -2.53. The van der Waals surface area contributed by atoms with Crippen LogP contribution in [0.5, 0.6) is 0 Å². The van der Waals surface area contributed by atoms with Gasteiger partial charge in [-0.2, -0.15) is 0 Å². The number of fused-ring (bicyclic) bond motifs is 4. The first kappa shape index (κ1) is 16.6. The summed E-state index contributed by atoms with van der Waals surface area (Å²) in [5, 5.41) is 4.09. The minimum Gasteiger partial charge on any atom is -0.466 e. The van der Waals surface area contributed by atoms with Gasteiger partial charge in [0, 0.05) is 22.0 Å². The maximum Gasteiger partial charge on any atom is 0.333 e. The molecule has 0 aliphatic heterocycles. The Morgan fingerprint density at radius 1 is 1.32 bits per heavy atom. The van der Waals surface area contributed by atoms with Crippen molar-refractivity contribution in [3.05, 3.63) is 40.8 Å². The van der Waals surface area contributed by atoms with Gasteiger partial charge in [-0.25, -0.2) is 4.79 Å². The smallest absolute Gasteiger partial charge is 0.333 e. The van der Waals surface area contributed by atoms with E-state index in [0.717, 1.165) is 30.6 Å². The molecule has 134 valence electrons. The lowest BCUT2D eigenvalue weighted by Gasteiger charge is -2.58. The van der Waals surface area contributed by atoms with Gasteiger partial charge >= 0.3 is 5.97 Å². The zero-order chi connectivity index (χ0) is 18.0. The van der Waals surface area contributed by atoms with Crippen molar-refractivity contribution >= 4 is 5.97 Å². The largest absolute Gasteiger partial charge is 0.466 e. The van der Waals surface area contributed by atoms with Crippen LogP contribution in [0.2, 0.25) is 0 Å². The molecule has 1 aromatic rings. The fourth-order valence-corrected chi connectivity index (χ4v) is 6.13. The summed E-state index contributed by atoms with van der Waals surface area (Å²) < 4.78 is 10.6. The number of methoxy groups -OCH3 is 1. The van der Waals surface area contributed by atoms with Crippen molar-refractivity contribution in [1.29, 1.82) is 0 Å². The van der Waals surface area contributed by atoms with E-state index in [1.54, 1.807) is 0 Å². The highest BCUT2D eigenvalue weighted by atomic mass is 16.5. The minimum absolute atomic E-state index is 0.0344. The van der Waals surface area contributed by atoms with E-state index in [1.165, 1.54) is 18.2 Å². The number of carbonyl (C=O) groups is 1. The van der Waals surface area contributed by atoms with Crippen LogP contribution in [0.4, 0.5) is 0 Å². The highest BCUT2D eigenvalue weighted by molar-refractivity contribution is 5.89. The summed E-state index contributed by atoms with van der Waals surface area (Å²) >= 11 is 0. The van der Waals surface area contributed by atoms with E-state index in [-0.39, 0.29) is 22.2 Å². The number of ether oxygens (including phenoxy) is 1. The van der Waals surface area contributed by atoms with Crippen molar-refractivity contribution in [1.82, 2.24) is 5.16 Å². The quantitative estimate of drug-likeness (QED) is 0.562. The molecule has 4 heteroatoms. The first-order chi connectivity index (χ1) is 11.7. The van der Waals surface area contributed by atoms with Gasteiger partial charge in [-0.15, -0.1) is 0 Å². The van der Waals surface area contributed by atoms with Crippen molar-refractivity contribution < 1.29 is 14.1 Å². The van der Waals surface area contributed by atoms with E-state index in [4.69, 9.17) is 9.26 Å². The molecule has 0 spiro atoms. The summed E-state index contributed by atoms with van der Waals surface area (Å²) in [4.78, 5) is 12.0. The number of nitrogens with zero attached hydrogens (tertiary/aromatic N) is 1. The predicted molar refractivity (Wildman–Crippen MR) is 95.0 cm³/mol. The molecule has 0 amide bonds. The van der Waals surface area contributed by atoms with E-state index in [0.29, 0.717) is 12.3 Å². The number of hydrogen-bond acceptors (Lipinski definition) is 4. The molecule has 0 saturated heterocycles. The highest BCUT2D eigenvalue weighted by Crippen LogP contribution is 2.64. The van der Waals surface area contributed by atoms with E-state index < -0.39 is 0 Å². The van der Waals surface area contributed by atoms with Gasteiger partial charge in [0.1, 0.15) is 5.76 Å². The average Bonchev–Trinajstić information content (AvgIpc) is 3.01. The predicted octanol–water partition coefficient (Wildman–Crippen LogP) is 4.36. The van der Waals surface area contributed by atoms with Crippen molar-refractivity contribution in [2.45, 2.75) is 58.8 Å². The average molecular weight is 341 g/mol. The molecule has 0 radical (unpaired) electrons. The van der Waals surface area contributed by atoms with Gasteiger partial charge in [0.2, 0.25) is 0 Å². The van der Waals surface area contributed by atoms with Crippen LogP contribution < -0.4 is 0 Å². The van der Waals surface area contributed by atoms with E-state index in [2.05, 4.69) is 45.0 Å². The second-order valence-corrected chi connectivity index (χ2v) is 8.99. The molecule has 1 fully saturated rings. The van der Waals surface area contributed by atoms with Gasteiger partial charge in [-0.3, -0.25) is 0 Å². The Labute approximate surface area is 149 Å². The van der Waals surface area contributed by atoms with Crippen LogP contribution in [0.15, 0.2) is 34.0 Å². The molecule has 1 saturated carbocycles. The Balaban J connectivity index is 1.80. The Morgan fingerprint density at radius 2 is 2.08 bits per heavy atom. The van der Waals surface area contributed by atoms with Gasteiger partial charge in [0.15, 0.2) is 0 Å². The van der Waals surface area contributed by atoms with Crippen LogP contribution in [-0.4, -0.2) is 18.2 Å². The Bertz CT molecular complexity index is 800. The molecule has 25 heavy (non-hydrogen) atoms. The van der Waals surface area contributed by atoms with Crippen LogP contribution in [0.25, 0.3) is 0 Å². The lowest BCUT2D eigenvalue weighted by atomic mass is 9.45. The maximum absolute atomic E-state index is 12.0. The Morgan fingerprint density at radius 3 is 2.80 bits per heavy atom. The fraction of sp³-hybridized carbons (Fsp3) is 0.619. The molecular formula is C21H27NO3. The van der Waals surface area contributed by atoms with Crippen molar-refractivity contribution in [2.75, 3.05) is 7.11 Å². The van der Waals surface area contributed by atoms with Gasteiger partial charge in [-0.1, -0.05) is 50.6 Å². The molecule has 3 aliphatic rings. The number of hydrogen-bond donors (Lipinski definition) is 0. The molecule has 3 atom stereocenters. The molecule has 4 rings (SSSR count). The molecule has 0 N–H and O–H groups in total. The van der Waals surface area contributed by atoms with Crippen LogP contribution in [-0.2, 0) is 21.4 Å². The molecule has 0 bridgehead atoms. The van der Waals surface area contributed by atoms with Crippen molar-refractivity contribution in [3.8, 4) is 0 Å². The zero-order valence-corrected chi connectivity index (χ0v) is 15.8. The first-order valence-corrected chi connectivity index (χ1v) is 9.17. The van der Waals surface area contributed by atoms with Crippen LogP contribution >= 0.6 is 0 Å². The standard InChI is InChI=1S/C21H27NO3/c1-19(2)15-8-9-20(3)10-13(18(23)24-5)6-7-16(20)21(15,4)11-14-12-22-25-17(14)19/h7,10,12,15H,6,8-9,11H2,1-5H3. The lowest BCUT2D eigenvalue weighted by molar-refractivity contribution is -0.136. The van der Waals surface area contributed by atoms with Crippen molar-refractivity contribution in [2.24, 2.45) is 16.7 Å². The molecule has 0 aromatic carbocycles. The van der Waals surface area contributed by atoms with Crippen LogP contribution in [0.1, 0.15) is 58.3 Å². The summed E-state index contributed by atoms with van der Waals surface area (Å²) in [7, 11) is 1.46.